The maximum absolute atomic E-state index is 13.2. The fourth-order valence-electron chi connectivity index (χ4n) is 4.34. The van der Waals surface area contributed by atoms with Gasteiger partial charge in [-0.25, -0.2) is 9.69 Å². The van der Waals surface area contributed by atoms with Crippen molar-refractivity contribution >= 4 is 17.8 Å². The lowest BCUT2D eigenvalue weighted by atomic mass is 9.85. The van der Waals surface area contributed by atoms with E-state index in [1.807, 2.05) is 54.6 Å². The van der Waals surface area contributed by atoms with E-state index >= 15 is 0 Å². The summed E-state index contributed by atoms with van der Waals surface area (Å²) in [5.41, 5.74) is 1.92. The molecule has 194 valence electrons. The number of hydrogen-bond donors (Lipinski definition) is 1. The summed E-state index contributed by atoms with van der Waals surface area (Å²) in [6, 6.07) is 16.5. The van der Waals surface area contributed by atoms with E-state index in [4.69, 9.17) is 14.2 Å². The molecule has 5 atom stereocenters. The molecule has 1 aliphatic rings. The van der Waals surface area contributed by atoms with Crippen LogP contribution in [-0.2, 0) is 32.1 Å². The number of ether oxygens (including phenoxy) is 3. The van der Waals surface area contributed by atoms with Gasteiger partial charge in [0.2, 0.25) is 5.91 Å². The maximum Gasteiger partial charge on any atom is 0.417 e. The summed E-state index contributed by atoms with van der Waals surface area (Å²) in [5.74, 6) is -2.52. The Labute approximate surface area is 212 Å². The normalized spacial score (nSPS) is 18.8. The van der Waals surface area contributed by atoms with Gasteiger partial charge in [-0.1, -0.05) is 56.3 Å². The van der Waals surface area contributed by atoms with Gasteiger partial charge in [0.1, 0.15) is 18.1 Å². The number of ketones is 1. The minimum Gasteiger partial charge on any atom is -0.497 e. The average Bonchev–Trinajstić information content (AvgIpc) is 3.26. The highest BCUT2D eigenvalue weighted by Crippen LogP contribution is 2.24. The summed E-state index contributed by atoms with van der Waals surface area (Å²) in [4.78, 5) is 39.6. The SMILES string of the molecule is COc1ccc(COC[C@@H](C)[C@@H](O)[C@H](C)C(=O)[C@@H](C)C(=O)N2C(=O)OC[C@H]2Cc2ccccc2)cc1. The number of amides is 2. The van der Waals surface area contributed by atoms with Crippen molar-refractivity contribution in [1.29, 1.82) is 0 Å². The Kier molecular flexibility index (Phi) is 9.61. The summed E-state index contributed by atoms with van der Waals surface area (Å²) in [6.07, 6.45) is -1.30. The Bertz CT molecular complexity index is 1020. The molecule has 1 fully saturated rings. The minimum absolute atomic E-state index is 0.0844. The third kappa shape index (κ3) is 6.71. The molecular weight excluding hydrogens is 462 g/mol. The molecule has 0 aromatic heterocycles. The molecule has 36 heavy (non-hydrogen) atoms. The number of carbonyl (C=O) groups excluding carboxylic acids is 3. The molecule has 1 saturated heterocycles. The Morgan fingerprint density at radius 3 is 2.36 bits per heavy atom. The smallest absolute Gasteiger partial charge is 0.417 e. The van der Waals surface area contributed by atoms with Gasteiger partial charge in [-0.2, -0.15) is 0 Å². The number of carbonyl (C=O) groups is 3. The molecule has 3 rings (SSSR count). The van der Waals surface area contributed by atoms with Crippen molar-refractivity contribution in [3.05, 3.63) is 65.7 Å². The lowest BCUT2D eigenvalue weighted by Crippen LogP contribution is -2.47. The summed E-state index contributed by atoms with van der Waals surface area (Å²) in [5, 5.41) is 10.8. The lowest BCUT2D eigenvalue weighted by Gasteiger charge is -2.27. The first-order chi connectivity index (χ1) is 17.2. The predicted octanol–water partition coefficient (Wildman–Crippen LogP) is 3.64. The third-order valence-electron chi connectivity index (χ3n) is 6.66. The van der Waals surface area contributed by atoms with Crippen LogP contribution in [0.3, 0.4) is 0 Å². The topological polar surface area (TPSA) is 102 Å². The third-order valence-corrected chi connectivity index (χ3v) is 6.66. The number of aliphatic hydroxyl groups excluding tert-OH is 1. The molecule has 1 N–H and O–H groups in total. The van der Waals surface area contributed by atoms with Gasteiger partial charge in [-0.3, -0.25) is 9.59 Å². The Balaban J connectivity index is 1.54. The Hall–Kier alpha value is -3.23. The standard InChI is InChI=1S/C28H35NO7/c1-18(15-35-16-22-10-12-24(34-4)13-11-22)25(30)19(2)26(31)20(3)27(32)29-23(17-36-28(29)33)14-21-8-6-5-7-9-21/h5-13,18-20,23,25,30H,14-17H2,1-4H3/t18-,19+,20-,23-,25-/m1/s1. The van der Waals surface area contributed by atoms with Crippen molar-refractivity contribution < 1.29 is 33.7 Å². The van der Waals surface area contributed by atoms with Crippen LogP contribution in [0.5, 0.6) is 5.75 Å². The largest absolute Gasteiger partial charge is 0.497 e. The van der Waals surface area contributed by atoms with Crippen molar-refractivity contribution in [3.8, 4) is 5.75 Å². The van der Waals surface area contributed by atoms with Gasteiger partial charge in [-0.15, -0.1) is 0 Å². The van der Waals surface area contributed by atoms with Crippen LogP contribution in [0.1, 0.15) is 31.9 Å². The second-order valence-corrected chi connectivity index (χ2v) is 9.37. The van der Waals surface area contributed by atoms with E-state index in [9.17, 15) is 19.5 Å². The van der Waals surface area contributed by atoms with E-state index in [1.165, 1.54) is 6.92 Å². The van der Waals surface area contributed by atoms with E-state index in [0.717, 1.165) is 21.8 Å². The Morgan fingerprint density at radius 2 is 1.72 bits per heavy atom. The van der Waals surface area contributed by atoms with Crippen molar-refractivity contribution in [1.82, 2.24) is 4.90 Å². The molecule has 2 aromatic carbocycles. The fourth-order valence-corrected chi connectivity index (χ4v) is 4.34. The van der Waals surface area contributed by atoms with Gasteiger partial charge in [0.25, 0.3) is 0 Å². The molecule has 0 unspecified atom stereocenters. The number of methoxy groups -OCH3 is 1. The van der Waals surface area contributed by atoms with Crippen LogP contribution in [0.2, 0.25) is 0 Å². The van der Waals surface area contributed by atoms with Gasteiger partial charge in [0.15, 0.2) is 0 Å². The quantitative estimate of drug-likeness (QED) is 0.447. The van der Waals surface area contributed by atoms with E-state index in [-0.39, 0.29) is 19.1 Å². The van der Waals surface area contributed by atoms with Gasteiger partial charge < -0.3 is 19.3 Å². The first-order valence-corrected chi connectivity index (χ1v) is 12.2. The molecule has 2 amide bonds. The number of rotatable bonds is 12. The van der Waals surface area contributed by atoms with Crippen LogP contribution in [0.4, 0.5) is 4.79 Å². The van der Waals surface area contributed by atoms with Gasteiger partial charge in [0, 0.05) is 11.8 Å². The van der Waals surface area contributed by atoms with Crippen molar-refractivity contribution in [2.75, 3.05) is 20.3 Å². The van der Waals surface area contributed by atoms with Crippen molar-refractivity contribution in [2.45, 2.75) is 45.9 Å². The van der Waals surface area contributed by atoms with Crippen LogP contribution in [0.25, 0.3) is 0 Å². The summed E-state index contributed by atoms with van der Waals surface area (Å²) in [6.45, 7) is 5.55. The molecule has 0 aliphatic carbocycles. The first-order valence-electron chi connectivity index (χ1n) is 12.2. The molecule has 8 heteroatoms. The molecule has 1 heterocycles. The van der Waals surface area contributed by atoms with E-state index in [0.29, 0.717) is 13.0 Å². The molecular formula is C28H35NO7. The monoisotopic (exact) mass is 497 g/mol. The number of imide groups is 1. The number of hydrogen-bond acceptors (Lipinski definition) is 7. The molecule has 0 bridgehead atoms. The van der Waals surface area contributed by atoms with E-state index < -0.39 is 41.8 Å². The van der Waals surface area contributed by atoms with Gasteiger partial charge in [-0.05, 0) is 36.6 Å². The molecule has 8 nitrogen and oxygen atoms in total. The number of Topliss-reactive ketones (excluding diaryl/α,β-unsaturated/α-hetero) is 1. The zero-order chi connectivity index (χ0) is 26.2. The summed E-state index contributed by atoms with van der Waals surface area (Å²) >= 11 is 0. The fraction of sp³-hybridized carbons (Fsp3) is 0.464. The summed E-state index contributed by atoms with van der Waals surface area (Å²) < 4.78 is 16.0. The zero-order valence-electron chi connectivity index (χ0n) is 21.3. The van der Waals surface area contributed by atoms with Crippen LogP contribution < -0.4 is 4.74 Å². The number of cyclic esters (lactones) is 1. The number of aliphatic hydroxyl groups is 1. The molecule has 0 saturated carbocycles. The first kappa shape index (κ1) is 27.4. The van der Waals surface area contributed by atoms with Crippen LogP contribution in [0.15, 0.2) is 54.6 Å². The second-order valence-electron chi connectivity index (χ2n) is 9.37. The van der Waals surface area contributed by atoms with Crippen LogP contribution in [0, 0.1) is 17.8 Å². The highest BCUT2D eigenvalue weighted by atomic mass is 16.6. The van der Waals surface area contributed by atoms with Gasteiger partial charge >= 0.3 is 6.09 Å². The zero-order valence-corrected chi connectivity index (χ0v) is 21.3. The molecule has 0 spiro atoms. The van der Waals surface area contributed by atoms with Crippen LogP contribution >= 0.6 is 0 Å². The predicted molar refractivity (Wildman–Crippen MR) is 133 cm³/mol. The molecule has 0 radical (unpaired) electrons. The second kappa shape index (κ2) is 12.6. The average molecular weight is 498 g/mol. The van der Waals surface area contributed by atoms with Gasteiger partial charge in [0.05, 0.1) is 38.4 Å². The number of nitrogens with zero attached hydrogens (tertiary/aromatic N) is 1. The van der Waals surface area contributed by atoms with Crippen LogP contribution in [-0.4, -0.2) is 60.3 Å². The van der Waals surface area contributed by atoms with Crippen molar-refractivity contribution in [2.24, 2.45) is 17.8 Å². The highest BCUT2D eigenvalue weighted by Gasteiger charge is 2.43. The Morgan fingerprint density at radius 1 is 1.06 bits per heavy atom. The number of benzene rings is 2. The van der Waals surface area contributed by atoms with Crippen molar-refractivity contribution in [3.63, 3.8) is 0 Å². The summed E-state index contributed by atoms with van der Waals surface area (Å²) in [7, 11) is 1.60. The molecule has 1 aliphatic heterocycles. The highest BCUT2D eigenvalue weighted by molar-refractivity contribution is 6.07. The molecule has 2 aromatic rings. The minimum atomic E-state index is -1.09. The lowest BCUT2D eigenvalue weighted by molar-refractivity contribution is -0.142. The van der Waals surface area contributed by atoms with E-state index in [1.54, 1.807) is 21.0 Å². The maximum atomic E-state index is 13.2. The van der Waals surface area contributed by atoms with E-state index in [2.05, 4.69) is 0 Å².